The average molecular weight is 376 g/mol. The first-order valence-electron chi connectivity index (χ1n) is 8.08. The Labute approximate surface area is 149 Å². The fraction of sp³-hybridized carbons (Fsp3) is 0.667. The predicted molar refractivity (Wildman–Crippen MR) is 86.5 cm³/mol. The van der Waals surface area contributed by atoms with Crippen LogP contribution >= 0.6 is 0 Å². The van der Waals surface area contributed by atoms with Gasteiger partial charge in [0, 0.05) is 19.4 Å². The molecule has 11 nitrogen and oxygen atoms in total. The summed E-state index contributed by atoms with van der Waals surface area (Å²) in [6.07, 6.45) is -2.42. The average Bonchev–Trinajstić information content (AvgIpc) is 2.56. The van der Waals surface area contributed by atoms with E-state index in [9.17, 15) is 24.0 Å². The third-order valence-corrected chi connectivity index (χ3v) is 3.30. The van der Waals surface area contributed by atoms with Crippen LogP contribution in [-0.4, -0.2) is 63.9 Å². The number of alkyl carbamates (subject to hydrolysis) is 1. The van der Waals surface area contributed by atoms with Gasteiger partial charge in [0.15, 0.2) is 0 Å². The van der Waals surface area contributed by atoms with E-state index in [1.807, 2.05) is 5.32 Å². The van der Waals surface area contributed by atoms with Crippen molar-refractivity contribution in [1.29, 1.82) is 0 Å². The predicted octanol–water partition coefficient (Wildman–Crippen LogP) is 0.180. The molecule has 0 aliphatic carbocycles. The lowest BCUT2D eigenvalue weighted by atomic mass is 10.1. The van der Waals surface area contributed by atoms with E-state index in [-0.39, 0.29) is 18.7 Å². The number of amides is 2. The molecule has 0 radical (unpaired) electrons. The van der Waals surface area contributed by atoms with E-state index in [2.05, 4.69) is 5.32 Å². The highest BCUT2D eigenvalue weighted by Crippen LogP contribution is 2.07. The van der Waals surface area contributed by atoms with Crippen LogP contribution in [0.3, 0.4) is 0 Å². The third kappa shape index (κ3) is 10.8. The molecule has 5 N–H and O–H groups in total. The van der Waals surface area contributed by atoms with Gasteiger partial charge < -0.3 is 30.7 Å². The summed E-state index contributed by atoms with van der Waals surface area (Å²) in [4.78, 5) is 55.3. The number of hydrogen-bond donors (Lipinski definition) is 5. The van der Waals surface area contributed by atoms with Crippen molar-refractivity contribution in [3.05, 3.63) is 0 Å². The summed E-state index contributed by atoms with van der Waals surface area (Å²) in [7, 11) is 0. The second kappa shape index (κ2) is 12.5. The van der Waals surface area contributed by atoms with Gasteiger partial charge >= 0.3 is 24.0 Å². The molecule has 0 fully saturated rings. The van der Waals surface area contributed by atoms with Crippen molar-refractivity contribution in [2.75, 3.05) is 6.54 Å². The van der Waals surface area contributed by atoms with E-state index in [4.69, 9.17) is 20.1 Å². The van der Waals surface area contributed by atoms with Crippen LogP contribution in [0, 0.1) is 0 Å². The van der Waals surface area contributed by atoms with Crippen LogP contribution in [0.2, 0.25) is 0 Å². The summed E-state index contributed by atoms with van der Waals surface area (Å²) in [5.74, 6) is -4.21. The van der Waals surface area contributed by atoms with Crippen molar-refractivity contribution in [3.63, 3.8) is 0 Å². The molecule has 26 heavy (non-hydrogen) atoms. The third-order valence-electron chi connectivity index (χ3n) is 3.30. The molecule has 0 heterocycles. The lowest BCUT2D eigenvalue weighted by molar-refractivity contribution is -0.147. The molecule has 0 saturated carbocycles. The molecule has 0 rings (SSSR count). The van der Waals surface area contributed by atoms with Crippen molar-refractivity contribution in [2.45, 2.75) is 57.6 Å². The van der Waals surface area contributed by atoms with Crippen LogP contribution in [0.15, 0.2) is 0 Å². The van der Waals surface area contributed by atoms with E-state index in [1.54, 1.807) is 6.92 Å². The van der Waals surface area contributed by atoms with Gasteiger partial charge in [0.25, 0.3) is 0 Å². The van der Waals surface area contributed by atoms with Gasteiger partial charge in [0.1, 0.15) is 6.04 Å². The van der Waals surface area contributed by atoms with Gasteiger partial charge in [0.2, 0.25) is 12.0 Å². The molecule has 0 saturated heterocycles. The maximum atomic E-state index is 11.7. The van der Waals surface area contributed by atoms with Crippen LogP contribution in [0.25, 0.3) is 0 Å². The number of carboxylic acids is 3. The molecule has 0 aromatic rings. The Balaban J connectivity index is 4.39. The molecule has 0 spiro atoms. The second-order valence-electron chi connectivity index (χ2n) is 5.40. The number of carbonyl (C=O) groups excluding carboxylic acids is 2. The van der Waals surface area contributed by atoms with Crippen molar-refractivity contribution in [2.24, 2.45) is 0 Å². The molecule has 148 valence electrons. The lowest BCUT2D eigenvalue weighted by Crippen LogP contribution is -2.43. The minimum atomic E-state index is -1.50. The van der Waals surface area contributed by atoms with Crippen LogP contribution in [0.1, 0.15) is 45.4 Å². The summed E-state index contributed by atoms with van der Waals surface area (Å²) in [5.41, 5.74) is 0. The van der Waals surface area contributed by atoms with Crippen molar-refractivity contribution in [3.8, 4) is 0 Å². The zero-order chi connectivity index (χ0) is 20.1. The highest BCUT2D eigenvalue weighted by molar-refractivity contribution is 5.82. The molecular weight excluding hydrogens is 352 g/mol. The topological polar surface area (TPSA) is 179 Å². The van der Waals surface area contributed by atoms with Crippen LogP contribution in [-0.2, 0) is 23.9 Å². The molecular formula is C15H24N2O9. The second-order valence-corrected chi connectivity index (χ2v) is 5.40. The smallest absolute Gasteiger partial charge is 0.408 e. The quantitative estimate of drug-likeness (QED) is 0.280. The Kier molecular flexibility index (Phi) is 11.1. The molecule has 0 aliphatic heterocycles. The van der Waals surface area contributed by atoms with Gasteiger partial charge in [0.05, 0.1) is 0 Å². The fourth-order valence-corrected chi connectivity index (χ4v) is 1.87. The van der Waals surface area contributed by atoms with E-state index in [0.29, 0.717) is 25.8 Å². The maximum absolute atomic E-state index is 11.7. The van der Waals surface area contributed by atoms with Crippen molar-refractivity contribution < 1.29 is 44.0 Å². The standard InChI is InChI=1S/C15H24N2O9/c1-2-11(18)16-8-4-3-5-10(14(23)24)26-15(25)17-9(13(21)22)6-7-12(19)20/h9-10H,2-8H2,1H3,(H,16,18)(H,17,25)(H,19,20)(H,21,22)(H,23,24)/t9-,10-/m0/s1. The summed E-state index contributed by atoms with van der Waals surface area (Å²) in [6.45, 7) is 2.06. The lowest BCUT2D eigenvalue weighted by Gasteiger charge is -2.17. The number of aliphatic carboxylic acids is 3. The van der Waals surface area contributed by atoms with Gasteiger partial charge in [-0.2, -0.15) is 0 Å². The fourth-order valence-electron chi connectivity index (χ4n) is 1.87. The molecule has 2 amide bonds. The molecule has 0 bridgehead atoms. The van der Waals surface area contributed by atoms with E-state index < -0.39 is 42.6 Å². The zero-order valence-corrected chi connectivity index (χ0v) is 14.4. The Hall–Kier alpha value is -2.85. The van der Waals surface area contributed by atoms with Gasteiger partial charge in [-0.25, -0.2) is 14.4 Å². The molecule has 0 aliphatic rings. The normalized spacial score (nSPS) is 12.5. The number of carbonyl (C=O) groups is 5. The van der Waals surface area contributed by atoms with Crippen LogP contribution in [0.5, 0.6) is 0 Å². The minimum absolute atomic E-state index is 0.0163. The SMILES string of the molecule is CCC(=O)NCCCC[C@H](OC(=O)N[C@@H](CCC(=O)O)C(=O)O)C(=O)O. The first-order valence-corrected chi connectivity index (χ1v) is 8.08. The first kappa shape index (κ1) is 23.1. The van der Waals surface area contributed by atoms with Gasteiger partial charge in [-0.15, -0.1) is 0 Å². The summed E-state index contributed by atoms with van der Waals surface area (Å²) < 4.78 is 4.70. The number of unbranched alkanes of at least 4 members (excludes halogenated alkanes) is 1. The number of carboxylic acid groups (broad SMARTS) is 3. The summed E-state index contributed by atoms with van der Waals surface area (Å²) >= 11 is 0. The van der Waals surface area contributed by atoms with Gasteiger partial charge in [-0.3, -0.25) is 9.59 Å². The number of hydrogen-bond acceptors (Lipinski definition) is 6. The Morgan fingerprint density at radius 3 is 2.12 bits per heavy atom. The zero-order valence-electron chi connectivity index (χ0n) is 14.4. The van der Waals surface area contributed by atoms with Crippen LogP contribution in [0.4, 0.5) is 4.79 Å². The maximum Gasteiger partial charge on any atom is 0.408 e. The minimum Gasteiger partial charge on any atom is -0.481 e. The highest BCUT2D eigenvalue weighted by atomic mass is 16.6. The molecule has 2 atom stereocenters. The van der Waals surface area contributed by atoms with Crippen molar-refractivity contribution >= 4 is 29.9 Å². The first-order chi connectivity index (χ1) is 12.2. The largest absolute Gasteiger partial charge is 0.481 e. The van der Waals surface area contributed by atoms with Crippen LogP contribution < -0.4 is 10.6 Å². The van der Waals surface area contributed by atoms with E-state index in [0.717, 1.165) is 0 Å². The molecule has 11 heteroatoms. The number of nitrogens with one attached hydrogen (secondary N) is 2. The van der Waals surface area contributed by atoms with Gasteiger partial charge in [-0.05, 0) is 25.7 Å². The number of ether oxygens (including phenoxy) is 1. The monoisotopic (exact) mass is 376 g/mol. The summed E-state index contributed by atoms with van der Waals surface area (Å²) in [5, 5.41) is 31.1. The molecule has 0 aromatic carbocycles. The van der Waals surface area contributed by atoms with Gasteiger partial charge in [-0.1, -0.05) is 6.92 Å². The Morgan fingerprint density at radius 1 is 0.962 bits per heavy atom. The summed E-state index contributed by atoms with van der Waals surface area (Å²) in [6, 6.07) is -1.50. The van der Waals surface area contributed by atoms with Crippen molar-refractivity contribution in [1.82, 2.24) is 10.6 Å². The Bertz CT molecular complexity index is 521. The highest BCUT2D eigenvalue weighted by Gasteiger charge is 2.26. The molecule has 0 aromatic heterocycles. The number of rotatable bonds is 13. The van der Waals surface area contributed by atoms with E-state index >= 15 is 0 Å². The Morgan fingerprint density at radius 2 is 1.62 bits per heavy atom. The van der Waals surface area contributed by atoms with E-state index in [1.165, 1.54) is 0 Å². The molecule has 0 unspecified atom stereocenters.